The molecule has 2 N–H and O–H groups in total. The van der Waals surface area contributed by atoms with Gasteiger partial charge in [-0.15, -0.1) is 0 Å². The lowest BCUT2D eigenvalue weighted by Crippen LogP contribution is -2.47. The van der Waals surface area contributed by atoms with Gasteiger partial charge in [0.25, 0.3) is 0 Å². The van der Waals surface area contributed by atoms with Crippen molar-refractivity contribution in [3.05, 3.63) is 35.5 Å². The summed E-state index contributed by atoms with van der Waals surface area (Å²) < 4.78 is 5.86. The van der Waals surface area contributed by atoms with E-state index in [-0.39, 0.29) is 23.9 Å². The highest BCUT2D eigenvalue weighted by atomic mass is 35.5. The van der Waals surface area contributed by atoms with Crippen LogP contribution in [0.5, 0.6) is 0 Å². The summed E-state index contributed by atoms with van der Waals surface area (Å²) >= 11 is 6.55. The van der Waals surface area contributed by atoms with Crippen molar-refractivity contribution in [1.82, 2.24) is 19.9 Å². The van der Waals surface area contributed by atoms with Gasteiger partial charge in [-0.1, -0.05) is 41.9 Å². The molecule has 4 rings (SSSR count). The van der Waals surface area contributed by atoms with Crippen LogP contribution in [-0.2, 0) is 4.74 Å². The molecular weight excluding hydrogens is 456 g/mol. The molecule has 1 fully saturated rings. The first-order chi connectivity index (χ1) is 16.0. The van der Waals surface area contributed by atoms with Gasteiger partial charge in [-0.2, -0.15) is 9.97 Å². The highest BCUT2D eigenvalue weighted by Gasteiger charge is 2.30. The van der Waals surface area contributed by atoms with Crippen LogP contribution in [0.25, 0.3) is 22.4 Å². The Bertz CT molecular complexity index is 1140. The van der Waals surface area contributed by atoms with Crippen LogP contribution in [0.2, 0.25) is 5.15 Å². The van der Waals surface area contributed by atoms with Crippen molar-refractivity contribution in [2.24, 2.45) is 0 Å². The maximum Gasteiger partial charge on any atom is 0.229 e. The SMILES string of the molecule is CC1CN(c2nc(N(CC(C)(C)O)C(C)O)c3nc(-c4ccccc4)c(Cl)nc3n2)CC(C)O1. The lowest BCUT2D eigenvalue weighted by atomic mass is 10.1. The Morgan fingerprint density at radius 3 is 2.35 bits per heavy atom. The van der Waals surface area contributed by atoms with Gasteiger partial charge in [0.2, 0.25) is 5.95 Å². The molecule has 1 aliphatic rings. The third-order valence-corrected chi connectivity index (χ3v) is 5.75. The van der Waals surface area contributed by atoms with E-state index in [4.69, 9.17) is 31.3 Å². The van der Waals surface area contributed by atoms with Gasteiger partial charge < -0.3 is 24.7 Å². The molecule has 182 valence electrons. The smallest absolute Gasteiger partial charge is 0.229 e. The summed E-state index contributed by atoms with van der Waals surface area (Å²) in [4.78, 5) is 22.5. The van der Waals surface area contributed by atoms with Crippen LogP contribution < -0.4 is 9.80 Å². The number of hydrogen-bond acceptors (Lipinski definition) is 9. The molecule has 3 unspecified atom stereocenters. The Morgan fingerprint density at radius 1 is 1.12 bits per heavy atom. The quantitative estimate of drug-likeness (QED) is 0.507. The molecule has 3 aromatic rings. The van der Waals surface area contributed by atoms with E-state index in [0.717, 1.165) is 5.56 Å². The normalized spacial score (nSPS) is 19.9. The fourth-order valence-electron chi connectivity index (χ4n) is 4.17. The Balaban J connectivity index is 1.93. The molecule has 1 aromatic carbocycles. The number of benzene rings is 1. The van der Waals surface area contributed by atoms with Gasteiger partial charge in [-0.3, -0.25) is 0 Å². The van der Waals surface area contributed by atoms with Crippen LogP contribution in [0.4, 0.5) is 11.8 Å². The van der Waals surface area contributed by atoms with Crippen molar-refractivity contribution in [3.8, 4) is 11.3 Å². The Hall–Kier alpha value is -2.59. The third-order valence-electron chi connectivity index (χ3n) is 5.49. The number of fused-ring (bicyclic) bond motifs is 1. The number of aromatic nitrogens is 4. The van der Waals surface area contributed by atoms with Gasteiger partial charge in [0.15, 0.2) is 22.1 Å². The first kappa shape index (κ1) is 24.5. The molecule has 0 saturated carbocycles. The van der Waals surface area contributed by atoms with E-state index < -0.39 is 11.8 Å². The molecule has 9 nitrogen and oxygen atoms in total. The standard InChI is InChI=1S/C24H31ClN6O3/c1-14-11-30(12-15(2)34-14)23-28-21-19(22(29-23)31(16(3)32)13-24(4,5)33)26-18(20(25)27-21)17-9-7-6-8-10-17/h6-10,14-16,32-33H,11-13H2,1-5H3. The van der Waals surface area contributed by atoms with Crippen molar-refractivity contribution in [3.63, 3.8) is 0 Å². The highest BCUT2D eigenvalue weighted by molar-refractivity contribution is 6.32. The number of hydrogen-bond donors (Lipinski definition) is 2. The summed E-state index contributed by atoms with van der Waals surface area (Å²) in [6.45, 7) is 10.3. The van der Waals surface area contributed by atoms with Crippen molar-refractivity contribution in [2.75, 3.05) is 29.4 Å². The molecule has 3 heterocycles. The molecule has 0 aliphatic carbocycles. The average molecular weight is 487 g/mol. The first-order valence-electron chi connectivity index (χ1n) is 11.4. The maximum absolute atomic E-state index is 10.7. The molecule has 1 aliphatic heterocycles. The van der Waals surface area contributed by atoms with Gasteiger partial charge >= 0.3 is 0 Å². The molecule has 34 heavy (non-hydrogen) atoms. The highest BCUT2D eigenvalue weighted by Crippen LogP contribution is 2.32. The van der Waals surface area contributed by atoms with E-state index in [2.05, 4.69) is 4.98 Å². The topological polar surface area (TPSA) is 108 Å². The number of anilines is 2. The van der Waals surface area contributed by atoms with E-state index in [0.29, 0.717) is 41.7 Å². The minimum Gasteiger partial charge on any atom is -0.389 e. The van der Waals surface area contributed by atoms with Crippen LogP contribution in [0.15, 0.2) is 30.3 Å². The monoisotopic (exact) mass is 486 g/mol. The number of aliphatic hydroxyl groups is 2. The predicted octanol–water partition coefficient (Wildman–Crippen LogP) is 3.27. The molecule has 0 bridgehead atoms. The largest absolute Gasteiger partial charge is 0.389 e. The van der Waals surface area contributed by atoms with E-state index in [1.165, 1.54) is 0 Å². The Kier molecular flexibility index (Phi) is 6.91. The molecule has 0 spiro atoms. The van der Waals surface area contributed by atoms with Gasteiger partial charge in [-0.05, 0) is 34.6 Å². The zero-order valence-electron chi connectivity index (χ0n) is 20.1. The summed E-state index contributed by atoms with van der Waals surface area (Å²) in [7, 11) is 0. The molecular formula is C24H31ClN6O3. The minimum absolute atomic E-state index is 0.00543. The lowest BCUT2D eigenvalue weighted by molar-refractivity contribution is -0.00570. The molecule has 0 amide bonds. The van der Waals surface area contributed by atoms with Gasteiger partial charge in [-0.25, -0.2) is 9.97 Å². The molecule has 2 aromatic heterocycles. The second-order valence-electron chi connectivity index (χ2n) is 9.48. The fourth-order valence-corrected chi connectivity index (χ4v) is 4.40. The minimum atomic E-state index is -1.10. The van der Waals surface area contributed by atoms with Gasteiger partial charge in [0, 0.05) is 18.7 Å². The van der Waals surface area contributed by atoms with Crippen molar-refractivity contribution in [1.29, 1.82) is 0 Å². The second kappa shape index (κ2) is 9.58. The van der Waals surface area contributed by atoms with Gasteiger partial charge in [0.05, 0.1) is 24.4 Å². The summed E-state index contributed by atoms with van der Waals surface area (Å²) in [5.74, 6) is 0.828. The number of aliphatic hydroxyl groups excluding tert-OH is 1. The predicted molar refractivity (Wildman–Crippen MR) is 133 cm³/mol. The van der Waals surface area contributed by atoms with Crippen molar-refractivity contribution < 1.29 is 14.9 Å². The fraction of sp³-hybridized carbons (Fsp3) is 0.500. The Labute approximate surface area is 204 Å². The zero-order valence-corrected chi connectivity index (χ0v) is 20.9. The van der Waals surface area contributed by atoms with Gasteiger partial charge in [0.1, 0.15) is 11.9 Å². The van der Waals surface area contributed by atoms with Crippen molar-refractivity contribution >= 4 is 34.5 Å². The summed E-state index contributed by atoms with van der Waals surface area (Å²) in [6.07, 6.45) is -0.936. The molecule has 3 atom stereocenters. The molecule has 0 radical (unpaired) electrons. The lowest BCUT2D eigenvalue weighted by Gasteiger charge is -2.36. The van der Waals surface area contributed by atoms with Crippen LogP contribution in [0.3, 0.4) is 0 Å². The third kappa shape index (κ3) is 5.38. The summed E-state index contributed by atoms with van der Waals surface area (Å²) in [5, 5.41) is 21.4. The van der Waals surface area contributed by atoms with E-state index in [1.54, 1.807) is 25.7 Å². The van der Waals surface area contributed by atoms with Crippen molar-refractivity contribution in [2.45, 2.75) is 58.7 Å². The zero-order chi connectivity index (χ0) is 24.6. The number of morpholine rings is 1. The van der Waals surface area contributed by atoms with E-state index in [9.17, 15) is 10.2 Å². The van der Waals surface area contributed by atoms with Crippen LogP contribution in [-0.4, -0.2) is 73.8 Å². The number of nitrogens with zero attached hydrogens (tertiary/aromatic N) is 6. The van der Waals surface area contributed by atoms with Crippen LogP contribution >= 0.6 is 11.6 Å². The number of rotatable bonds is 6. The van der Waals surface area contributed by atoms with Crippen LogP contribution in [0.1, 0.15) is 34.6 Å². The van der Waals surface area contributed by atoms with Crippen LogP contribution in [0, 0.1) is 0 Å². The Morgan fingerprint density at radius 2 is 1.76 bits per heavy atom. The maximum atomic E-state index is 10.7. The number of ether oxygens (including phenoxy) is 1. The summed E-state index contributed by atoms with van der Waals surface area (Å²) in [5.41, 5.74) is 0.913. The molecule has 1 saturated heterocycles. The van der Waals surface area contributed by atoms with E-state index >= 15 is 0 Å². The number of halogens is 1. The molecule has 10 heteroatoms. The average Bonchev–Trinajstić information content (AvgIpc) is 2.75. The first-order valence-corrected chi connectivity index (χ1v) is 11.8. The summed E-state index contributed by atoms with van der Waals surface area (Å²) in [6, 6.07) is 9.51. The second-order valence-corrected chi connectivity index (χ2v) is 9.84. The van der Waals surface area contributed by atoms with E-state index in [1.807, 2.05) is 49.1 Å².